The van der Waals surface area contributed by atoms with Gasteiger partial charge in [-0.3, -0.25) is 9.10 Å². The summed E-state index contributed by atoms with van der Waals surface area (Å²) in [6.45, 7) is 1.16. The summed E-state index contributed by atoms with van der Waals surface area (Å²) in [5.41, 5.74) is 0.985. The quantitative estimate of drug-likeness (QED) is 0.420. The van der Waals surface area contributed by atoms with Gasteiger partial charge in [0.2, 0.25) is 5.91 Å². The number of hydrogen-bond acceptors (Lipinski definition) is 8. The number of methoxy groups -OCH3 is 3. The van der Waals surface area contributed by atoms with Gasteiger partial charge < -0.3 is 19.5 Å². The highest BCUT2D eigenvalue weighted by Crippen LogP contribution is 2.32. The molecular weight excluding hydrogens is 500 g/mol. The van der Waals surface area contributed by atoms with E-state index in [2.05, 4.69) is 5.32 Å². The van der Waals surface area contributed by atoms with Gasteiger partial charge in [0, 0.05) is 0 Å². The van der Waals surface area contributed by atoms with Crippen LogP contribution in [0.1, 0.15) is 26.3 Å². The van der Waals surface area contributed by atoms with Crippen LogP contribution in [0.15, 0.2) is 71.6 Å². The van der Waals surface area contributed by atoms with Gasteiger partial charge in [-0.25, -0.2) is 18.0 Å². The van der Waals surface area contributed by atoms with Crippen molar-refractivity contribution in [2.45, 2.75) is 11.8 Å². The molecule has 0 fully saturated rings. The number of sulfonamides is 1. The number of para-hydroxylation sites is 2. The van der Waals surface area contributed by atoms with Gasteiger partial charge in [0.1, 0.15) is 12.3 Å². The lowest BCUT2D eigenvalue weighted by molar-refractivity contribution is -0.114. The highest BCUT2D eigenvalue weighted by atomic mass is 32.2. The Balaban J connectivity index is 2.04. The Hall–Kier alpha value is -4.38. The van der Waals surface area contributed by atoms with Crippen LogP contribution in [-0.4, -0.2) is 54.1 Å². The molecule has 3 aromatic rings. The average Bonchev–Trinajstić information content (AvgIpc) is 2.90. The topological polar surface area (TPSA) is 128 Å². The molecule has 10 nitrogen and oxygen atoms in total. The van der Waals surface area contributed by atoms with Crippen molar-refractivity contribution < 1.29 is 37.0 Å². The number of rotatable bonds is 9. The third-order valence-corrected chi connectivity index (χ3v) is 7.14. The predicted octanol–water partition coefficient (Wildman–Crippen LogP) is 3.41. The monoisotopic (exact) mass is 526 g/mol. The van der Waals surface area contributed by atoms with E-state index >= 15 is 0 Å². The second-order valence-corrected chi connectivity index (χ2v) is 9.65. The summed E-state index contributed by atoms with van der Waals surface area (Å²) < 4.78 is 43.0. The Morgan fingerprint density at radius 1 is 0.865 bits per heavy atom. The Morgan fingerprint density at radius 2 is 1.51 bits per heavy atom. The van der Waals surface area contributed by atoms with Crippen LogP contribution in [0.25, 0.3) is 0 Å². The third kappa shape index (κ3) is 6.07. The van der Waals surface area contributed by atoms with Crippen LogP contribution in [-0.2, 0) is 24.3 Å². The summed E-state index contributed by atoms with van der Waals surface area (Å²) in [7, 11) is -0.479. The van der Waals surface area contributed by atoms with E-state index in [0.717, 1.165) is 9.87 Å². The number of esters is 2. The molecule has 0 bridgehead atoms. The van der Waals surface area contributed by atoms with Gasteiger partial charge in [0.25, 0.3) is 10.0 Å². The molecule has 1 N–H and O–H groups in total. The first-order valence-corrected chi connectivity index (χ1v) is 12.4. The van der Waals surface area contributed by atoms with Crippen molar-refractivity contribution in [3.8, 4) is 5.75 Å². The van der Waals surface area contributed by atoms with Crippen LogP contribution in [0.2, 0.25) is 0 Å². The molecule has 0 saturated heterocycles. The van der Waals surface area contributed by atoms with E-state index in [0.29, 0.717) is 0 Å². The number of ether oxygens (including phenoxy) is 3. The lowest BCUT2D eigenvalue weighted by Crippen LogP contribution is -2.38. The largest absolute Gasteiger partial charge is 0.495 e. The SMILES string of the molecule is COC(=O)c1ccc(C(=O)OC)c(NC(=O)CN(c2ccccc2OC)S(=O)(=O)c2ccc(C)cc2)c1. The van der Waals surface area contributed by atoms with Crippen LogP contribution in [0.5, 0.6) is 5.75 Å². The summed E-state index contributed by atoms with van der Waals surface area (Å²) >= 11 is 0. The molecule has 194 valence electrons. The number of carbonyl (C=O) groups is 3. The summed E-state index contributed by atoms with van der Waals surface area (Å²) in [4.78, 5) is 37.4. The zero-order valence-corrected chi connectivity index (χ0v) is 21.5. The third-order valence-electron chi connectivity index (χ3n) is 5.37. The van der Waals surface area contributed by atoms with E-state index in [1.165, 1.54) is 57.7 Å². The fraction of sp³-hybridized carbons (Fsp3) is 0.192. The van der Waals surface area contributed by atoms with Crippen molar-refractivity contribution in [3.63, 3.8) is 0 Å². The van der Waals surface area contributed by atoms with Crippen LogP contribution in [0.4, 0.5) is 11.4 Å². The zero-order valence-electron chi connectivity index (χ0n) is 20.7. The van der Waals surface area contributed by atoms with Crippen molar-refractivity contribution in [1.29, 1.82) is 0 Å². The van der Waals surface area contributed by atoms with E-state index in [4.69, 9.17) is 14.2 Å². The molecule has 0 aromatic heterocycles. The Bertz CT molecular complexity index is 1420. The molecule has 0 aliphatic heterocycles. The van der Waals surface area contributed by atoms with E-state index < -0.39 is 34.4 Å². The zero-order chi connectivity index (χ0) is 27.2. The molecule has 0 spiro atoms. The summed E-state index contributed by atoms with van der Waals surface area (Å²) in [6, 6.07) is 16.4. The first-order valence-electron chi connectivity index (χ1n) is 10.9. The van der Waals surface area contributed by atoms with Crippen molar-refractivity contribution >= 4 is 39.2 Å². The smallest absolute Gasteiger partial charge is 0.339 e. The highest BCUT2D eigenvalue weighted by molar-refractivity contribution is 7.92. The number of anilines is 2. The molecule has 37 heavy (non-hydrogen) atoms. The maximum atomic E-state index is 13.7. The Labute approximate surface area is 214 Å². The molecule has 0 radical (unpaired) electrons. The van der Waals surface area contributed by atoms with Crippen LogP contribution in [0, 0.1) is 6.92 Å². The lowest BCUT2D eigenvalue weighted by Gasteiger charge is -2.26. The molecule has 3 aromatic carbocycles. The first-order chi connectivity index (χ1) is 17.6. The number of hydrogen-bond donors (Lipinski definition) is 1. The molecular formula is C26H26N2O8S. The number of aryl methyl sites for hydroxylation is 1. The highest BCUT2D eigenvalue weighted by Gasteiger charge is 2.30. The maximum Gasteiger partial charge on any atom is 0.339 e. The maximum absolute atomic E-state index is 13.7. The fourth-order valence-corrected chi connectivity index (χ4v) is 4.91. The predicted molar refractivity (Wildman–Crippen MR) is 136 cm³/mol. The van der Waals surface area contributed by atoms with E-state index in [9.17, 15) is 22.8 Å². The van der Waals surface area contributed by atoms with Gasteiger partial charge in [0.05, 0.1) is 48.7 Å². The van der Waals surface area contributed by atoms with Gasteiger partial charge in [-0.15, -0.1) is 0 Å². The van der Waals surface area contributed by atoms with Crippen LogP contribution in [0.3, 0.4) is 0 Å². The minimum absolute atomic E-state index is 0.0280. The van der Waals surface area contributed by atoms with E-state index in [1.54, 1.807) is 30.3 Å². The number of carbonyl (C=O) groups excluding carboxylic acids is 3. The van der Waals surface area contributed by atoms with Crippen molar-refractivity contribution in [3.05, 3.63) is 83.4 Å². The fourth-order valence-electron chi connectivity index (χ4n) is 3.47. The molecule has 0 atom stereocenters. The van der Waals surface area contributed by atoms with Gasteiger partial charge in [-0.2, -0.15) is 0 Å². The first kappa shape index (κ1) is 27.2. The van der Waals surface area contributed by atoms with Crippen molar-refractivity contribution in [1.82, 2.24) is 0 Å². The van der Waals surface area contributed by atoms with Crippen LogP contribution < -0.4 is 14.4 Å². The second-order valence-electron chi connectivity index (χ2n) is 7.79. The molecule has 0 unspecified atom stereocenters. The Kier molecular flexibility index (Phi) is 8.51. The minimum Gasteiger partial charge on any atom is -0.495 e. The number of benzene rings is 3. The minimum atomic E-state index is -4.22. The molecule has 0 aliphatic rings. The summed E-state index contributed by atoms with van der Waals surface area (Å²) in [5, 5.41) is 2.52. The normalized spacial score (nSPS) is 10.8. The molecule has 1 amide bonds. The standard InChI is InChI=1S/C26H26N2O8S/c1-17-9-12-19(13-10-17)37(32,33)28(22-7-5-6-8-23(22)34-2)16-24(29)27-21-15-18(25(30)35-3)11-14-20(21)26(31)36-4/h5-15H,16H2,1-4H3,(H,27,29). The molecule has 0 aliphatic carbocycles. The van der Waals surface area contributed by atoms with Gasteiger partial charge in [0.15, 0.2) is 0 Å². The lowest BCUT2D eigenvalue weighted by atomic mass is 10.1. The Morgan fingerprint density at radius 3 is 2.14 bits per heavy atom. The van der Waals surface area contributed by atoms with Crippen molar-refractivity contribution in [2.24, 2.45) is 0 Å². The van der Waals surface area contributed by atoms with Gasteiger partial charge >= 0.3 is 11.9 Å². The van der Waals surface area contributed by atoms with E-state index in [1.807, 2.05) is 6.92 Å². The van der Waals surface area contributed by atoms with Gasteiger partial charge in [-0.1, -0.05) is 29.8 Å². The molecule has 11 heteroatoms. The molecule has 0 heterocycles. The molecule has 3 rings (SSSR count). The molecule has 0 saturated carbocycles. The van der Waals surface area contributed by atoms with E-state index in [-0.39, 0.29) is 33.1 Å². The summed E-state index contributed by atoms with van der Waals surface area (Å²) in [6.07, 6.45) is 0. The number of amides is 1. The summed E-state index contributed by atoms with van der Waals surface area (Å²) in [5.74, 6) is -2.01. The van der Waals surface area contributed by atoms with Crippen LogP contribution >= 0.6 is 0 Å². The number of nitrogens with zero attached hydrogens (tertiary/aromatic N) is 1. The van der Waals surface area contributed by atoms with Gasteiger partial charge in [-0.05, 0) is 49.4 Å². The van der Waals surface area contributed by atoms with Crippen molar-refractivity contribution in [2.75, 3.05) is 37.5 Å². The average molecular weight is 527 g/mol. The number of nitrogens with one attached hydrogen (secondary N) is 1. The second kappa shape index (κ2) is 11.6.